The molecule has 0 bridgehead atoms. The van der Waals surface area contributed by atoms with E-state index in [0.29, 0.717) is 23.7 Å². The minimum absolute atomic E-state index is 0.0139. The lowest BCUT2D eigenvalue weighted by Crippen LogP contribution is -2.40. The SMILES string of the molecule is CC1CCN(c2nc3c(c(N4CCCCC4)n2)CN(C(=O)c2ccccc2Cl)CC3)CC1. The Morgan fingerprint density at radius 1 is 0.969 bits per heavy atom. The van der Waals surface area contributed by atoms with E-state index in [4.69, 9.17) is 21.6 Å². The molecule has 2 fully saturated rings. The zero-order chi connectivity index (χ0) is 22.1. The smallest absolute Gasteiger partial charge is 0.255 e. The van der Waals surface area contributed by atoms with E-state index in [1.165, 1.54) is 32.1 Å². The maximum absolute atomic E-state index is 13.2. The number of fused-ring (bicyclic) bond motifs is 1. The van der Waals surface area contributed by atoms with Gasteiger partial charge in [-0.1, -0.05) is 30.7 Å². The van der Waals surface area contributed by atoms with Crippen molar-refractivity contribution < 1.29 is 4.79 Å². The van der Waals surface area contributed by atoms with Crippen LogP contribution in [-0.2, 0) is 13.0 Å². The van der Waals surface area contributed by atoms with Crippen LogP contribution in [0.3, 0.4) is 0 Å². The molecular formula is C25H32ClN5O. The highest BCUT2D eigenvalue weighted by molar-refractivity contribution is 6.33. The van der Waals surface area contributed by atoms with Crippen molar-refractivity contribution in [1.29, 1.82) is 0 Å². The largest absolute Gasteiger partial charge is 0.356 e. The third-order valence-electron chi connectivity index (χ3n) is 7.14. The third-order valence-corrected chi connectivity index (χ3v) is 7.47. The number of nitrogens with zero attached hydrogens (tertiary/aromatic N) is 5. The van der Waals surface area contributed by atoms with Crippen molar-refractivity contribution in [2.45, 2.75) is 52.0 Å². The summed E-state index contributed by atoms with van der Waals surface area (Å²) < 4.78 is 0. The van der Waals surface area contributed by atoms with Gasteiger partial charge in [-0.05, 0) is 50.2 Å². The molecule has 32 heavy (non-hydrogen) atoms. The number of anilines is 2. The molecule has 0 unspecified atom stereocenters. The van der Waals surface area contributed by atoms with Crippen LogP contribution in [0.4, 0.5) is 11.8 Å². The number of amides is 1. The number of carbonyl (C=O) groups excluding carboxylic acids is 1. The molecule has 2 aromatic rings. The molecule has 0 N–H and O–H groups in total. The summed E-state index contributed by atoms with van der Waals surface area (Å²) >= 11 is 6.32. The summed E-state index contributed by atoms with van der Waals surface area (Å²) in [6.45, 7) is 7.63. The predicted octanol–water partition coefficient (Wildman–Crippen LogP) is 4.56. The molecule has 7 heteroatoms. The van der Waals surface area contributed by atoms with Gasteiger partial charge in [0.05, 0.1) is 22.8 Å². The van der Waals surface area contributed by atoms with Crippen LogP contribution in [0.25, 0.3) is 0 Å². The molecule has 2 saturated heterocycles. The van der Waals surface area contributed by atoms with Crippen LogP contribution >= 0.6 is 11.6 Å². The zero-order valence-corrected chi connectivity index (χ0v) is 19.7. The molecule has 170 valence electrons. The number of rotatable bonds is 3. The average molecular weight is 454 g/mol. The van der Waals surface area contributed by atoms with Crippen LogP contribution in [-0.4, -0.2) is 53.5 Å². The molecule has 5 rings (SSSR count). The lowest BCUT2D eigenvalue weighted by Gasteiger charge is -2.36. The first kappa shape index (κ1) is 21.5. The molecule has 0 aliphatic carbocycles. The van der Waals surface area contributed by atoms with Gasteiger partial charge < -0.3 is 14.7 Å². The number of benzene rings is 1. The van der Waals surface area contributed by atoms with Crippen LogP contribution in [0.2, 0.25) is 5.02 Å². The van der Waals surface area contributed by atoms with Crippen LogP contribution in [0.1, 0.15) is 60.6 Å². The second-order valence-corrected chi connectivity index (χ2v) is 9.85. The Hall–Kier alpha value is -2.34. The first-order valence-corrected chi connectivity index (χ1v) is 12.4. The van der Waals surface area contributed by atoms with Gasteiger partial charge in [-0.2, -0.15) is 4.98 Å². The van der Waals surface area contributed by atoms with E-state index >= 15 is 0 Å². The van der Waals surface area contributed by atoms with Crippen LogP contribution < -0.4 is 9.80 Å². The first-order chi connectivity index (χ1) is 15.6. The molecule has 4 heterocycles. The summed E-state index contributed by atoms with van der Waals surface area (Å²) in [6.07, 6.45) is 6.80. The Morgan fingerprint density at radius 2 is 1.72 bits per heavy atom. The van der Waals surface area contributed by atoms with Crippen molar-refractivity contribution in [3.05, 3.63) is 46.1 Å². The first-order valence-electron chi connectivity index (χ1n) is 12.0. The average Bonchev–Trinajstić information content (AvgIpc) is 2.84. The summed E-state index contributed by atoms with van der Waals surface area (Å²) in [4.78, 5) is 30.1. The van der Waals surface area contributed by atoms with Gasteiger partial charge in [0, 0.05) is 44.7 Å². The number of piperidine rings is 2. The fourth-order valence-electron chi connectivity index (χ4n) is 5.08. The van der Waals surface area contributed by atoms with Gasteiger partial charge in [0.1, 0.15) is 5.82 Å². The molecule has 0 saturated carbocycles. The topological polar surface area (TPSA) is 52.6 Å². The molecule has 0 atom stereocenters. The maximum Gasteiger partial charge on any atom is 0.255 e. The number of hydrogen-bond acceptors (Lipinski definition) is 5. The molecule has 3 aliphatic rings. The Labute approximate surface area is 195 Å². The second kappa shape index (κ2) is 9.26. The molecule has 6 nitrogen and oxygen atoms in total. The number of aromatic nitrogens is 2. The van der Waals surface area contributed by atoms with E-state index in [9.17, 15) is 4.79 Å². The number of carbonyl (C=O) groups is 1. The zero-order valence-electron chi connectivity index (χ0n) is 18.9. The quantitative estimate of drug-likeness (QED) is 0.682. The summed E-state index contributed by atoms with van der Waals surface area (Å²) in [7, 11) is 0. The standard InChI is InChI=1S/C25H32ClN5O/c1-18-9-14-30(15-10-18)25-27-22-11-16-31(24(32)19-7-3-4-8-21(19)26)17-20(22)23(28-25)29-12-5-2-6-13-29/h3-4,7-8,18H,2,5-6,9-17H2,1H3. The van der Waals surface area contributed by atoms with Crippen molar-refractivity contribution in [1.82, 2.24) is 14.9 Å². The molecule has 0 radical (unpaired) electrons. The van der Waals surface area contributed by atoms with E-state index in [1.807, 2.05) is 23.1 Å². The van der Waals surface area contributed by atoms with E-state index in [0.717, 1.165) is 61.5 Å². The minimum atomic E-state index is -0.0139. The van der Waals surface area contributed by atoms with Gasteiger partial charge in [-0.15, -0.1) is 0 Å². The highest BCUT2D eigenvalue weighted by Crippen LogP contribution is 2.32. The Bertz CT molecular complexity index is 982. The second-order valence-electron chi connectivity index (χ2n) is 9.45. The fraction of sp³-hybridized carbons (Fsp3) is 0.560. The molecular weight excluding hydrogens is 422 g/mol. The van der Waals surface area contributed by atoms with E-state index in [1.54, 1.807) is 6.07 Å². The minimum Gasteiger partial charge on any atom is -0.356 e. The fourth-order valence-corrected chi connectivity index (χ4v) is 5.30. The lowest BCUT2D eigenvalue weighted by molar-refractivity contribution is 0.0734. The summed E-state index contributed by atoms with van der Waals surface area (Å²) in [5, 5.41) is 0.505. The van der Waals surface area contributed by atoms with Gasteiger partial charge in [0.15, 0.2) is 0 Å². The van der Waals surface area contributed by atoms with E-state index in [2.05, 4.69) is 16.7 Å². The number of hydrogen-bond donors (Lipinski definition) is 0. The summed E-state index contributed by atoms with van der Waals surface area (Å²) in [5.74, 6) is 2.68. The highest BCUT2D eigenvalue weighted by Gasteiger charge is 2.30. The van der Waals surface area contributed by atoms with Gasteiger partial charge >= 0.3 is 0 Å². The molecule has 1 aromatic heterocycles. The van der Waals surface area contributed by atoms with Gasteiger partial charge in [-0.25, -0.2) is 4.98 Å². The van der Waals surface area contributed by atoms with Crippen LogP contribution in [0.15, 0.2) is 24.3 Å². The predicted molar refractivity (Wildman–Crippen MR) is 129 cm³/mol. The van der Waals surface area contributed by atoms with E-state index in [-0.39, 0.29) is 5.91 Å². The normalized spacial score (nSPS) is 19.8. The third kappa shape index (κ3) is 4.29. The van der Waals surface area contributed by atoms with E-state index < -0.39 is 0 Å². The summed E-state index contributed by atoms with van der Waals surface area (Å²) in [6, 6.07) is 7.31. The Morgan fingerprint density at radius 3 is 2.47 bits per heavy atom. The summed E-state index contributed by atoms with van der Waals surface area (Å²) in [5.41, 5.74) is 2.79. The monoisotopic (exact) mass is 453 g/mol. The number of halogens is 1. The molecule has 0 spiro atoms. The Balaban J connectivity index is 1.47. The molecule has 1 aromatic carbocycles. The van der Waals surface area contributed by atoms with Crippen molar-refractivity contribution in [2.75, 3.05) is 42.5 Å². The van der Waals surface area contributed by atoms with Gasteiger partial charge in [0.2, 0.25) is 5.95 Å². The van der Waals surface area contributed by atoms with Crippen molar-refractivity contribution in [3.8, 4) is 0 Å². The molecule has 1 amide bonds. The van der Waals surface area contributed by atoms with Gasteiger partial charge in [0.25, 0.3) is 5.91 Å². The van der Waals surface area contributed by atoms with Crippen LogP contribution in [0.5, 0.6) is 0 Å². The van der Waals surface area contributed by atoms with Gasteiger partial charge in [-0.3, -0.25) is 4.79 Å². The molecule has 3 aliphatic heterocycles. The van der Waals surface area contributed by atoms with Crippen molar-refractivity contribution in [2.24, 2.45) is 5.92 Å². The maximum atomic E-state index is 13.2. The van der Waals surface area contributed by atoms with Crippen molar-refractivity contribution >= 4 is 29.3 Å². The highest BCUT2D eigenvalue weighted by atomic mass is 35.5. The van der Waals surface area contributed by atoms with Crippen LogP contribution in [0, 0.1) is 5.92 Å². The van der Waals surface area contributed by atoms with Crippen molar-refractivity contribution in [3.63, 3.8) is 0 Å². The lowest BCUT2D eigenvalue weighted by atomic mass is 9.99. The Kier molecular flexibility index (Phi) is 6.22.